The lowest BCUT2D eigenvalue weighted by atomic mass is 10.1. The van der Waals surface area contributed by atoms with Crippen molar-refractivity contribution in [1.82, 2.24) is 5.43 Å². The van der Waals surface area contributed by atoms with Gasteiger partial charge in [0.05, 0.1) is 6.21 Å². The Morgan fingerprint density at radius 3 is 2.41 bits per heavy atom. The number of carbonyl (C=O) groups excluding carboxylic acids is 1. The summed E-state index contributed by atoms with van der Waals surface area (Å²) in [5.74, 6) is -0.0787. The summed E-state index contributed by atoms with van der Waals surface area (Å²) in [6, 6.07) is 17.9. The monoisotopic (exact) mass is 295 g/mol. The molecule has 0 spiro atoms. The standard InChI is InChI=1S/C18H21N3O/c1-21(2)17-11-8-16(9-12-17)14-19-20-18(22)13-10-15-6-4-3-5-7-15/h3-9,11-12,14H,10,13H2,1-2H3,(H,20,22)/b19-14+. The van der Waals surface area contributed by atoms with Gasteiger partial charge in [0.15, 0.2) is 0 Å². The van der Waals surface area contributed by atoms with Gasteiger partial charge in [-0.05, 0) is 29.7 Å². The first-order valence-electron chi connectivity index (χ1n) is 7.28. The minimum absolute atomic E-state index is 0.0787. The normalized spacial score (nSPS) is 10.6. The van der Waals surface area contributed by atoms with E-state index in [0.29, 0.717) is 6.42 Å². The number of hydrazone groups is 1. The molecule has 0 radical (unpaired) electrons. The van der Waals surface area contributed by atoms with Crippen molar-refractivity contribution < 1.29 is 4.79 Å². The Hall–Kier alpha value is -2.62. The predicted molar refractivity (Wildman–Crippen MR) is 91.3 cm³/mol. The van der Waals surface area contributed by atoms with Crippen LogP contribution in [0.2, 0.25) is 0 Å². The Bertz CT molecular complexity index is 619. The van der Waals surface area contributed by atoms with Gasteiger partial charge in [0.1, 0.15) is 0 Å². The van der Waals surface area contributed by atoms with E-state index in [1.807, 2.05) is 73.6 Å². The molecule has 22 heavy (non-hydrogen) atoms. The van der Waals surface area contributed by atoms with E-state index in [0.717, 1.165) is 23.2 Å². The van der Waals surface area contributed by atoms with E-state index in [2.05, 4.69) is 10.5 Å². The summed E-state index contributed by atoms with van der Waals surface area (Å²) in [7, 11) is 3.99. The van der Waals surface area contributed by atoms with E-state index < -0.39 is 0 Å². The Kier molecular flexibility index (Phi) is 5.72. The number of amides is 1. The van der Waals surface area contributed by atoms with Crippen LogP contribution >= 0.6 is 0 Å². The third-order valence-electron chi connectivity index (χ3n) is 3.30. The van der Waals surface area contributed by atoms with Crippen molar-refractivity contribution >= 4 is 17.8 Å². The molecule has 0 aromatic heterocycles. The van der Waals surface area contributed by atoms with E-state index in [1.54, 1.807) is 6.21 Å². The van der Waals surface area contributed by atoms with Gasteiger partial charge in [-0.15, -0.1) is 0 Å². The maximum atomic E-state index is 11.7. The molecule has 0 unspecified atom stereocenters. The van der Waals surface area contributed by atoms with Crippen molar-refractivity contribution in [2.75, 3.05) is 19.0 Å². The third kappa shape index (κ3) is 5.05. The smallest absolute Gasteiger partial charge is 0.240 e. The van der Waals surface area contributed by atoms with Crippen molar-refractivity contribution in [3.05, 3.63) is 65.7 Å². The van der Waals surface area contributed by atoms with Crippen LogP contribution in [0.5, 0.6) is 0 Å². The fourth-order valence-electron chi connectivity index (χ4n) is 2.00. The van der Waals surface area contributed by atoms with Crippen LogP contribution in [-0.2, 0) is 11.2 Å². The predicted octanol–water partition coefficient (Wildman–Crippen LogP) is 2.84. The topological polar surface area (TPSA) is 44.7 Å². The van der Waals surface area contributed by atoms with Gasteiger partial charge in [0.25, 0.3) is 0 Å². The summed E-state index contributed by atoms with van der Waals surface area (Å²) in [6.45, 7) is 0. The summed E-state index contributed by atoms with van der Waals surface area (Å²) in [5, 5.41) is 3.99. The highest BCUT2D eigenvalue weighted by Crippen LogP contribution is 2.10. The molecule has 0 saturated heterocycles. The molecule has 114 valence electrons. The van der Waals surface area contributed by atoms with Gasteiger partial charge in [-0.2, -0.15) is 5.10 Å². The Morgan fingerprint density at radius 2 is 1.77 bits per heavy atom. The van der Waals surface area contributed by atoms with Crippen LogP contribution in [0.25, 0.3) is 0 Å². The van der Waals surface area contributed by atoms with E-state index in [9.17, 15) is 4.79 Å². The fourth-order valence-corrected chi connectivity index (χ4v) is 2.00. The molecule has 1 amide bonds. The first-order chi connectivity index (χ1) is 10.6. The van der Waals surface area contributed by atoms with E-state index in [-0.39, 0.29) is 5.91 Å². The first kappa shape index (κ1) is 15.8. The molecule has 0 aliphatic rings. The molecular weight excluding hydrogens is 274 g/mol. The number of anilines is 1. The molecule has 0 bridgehead atoms. The summed E-state index contributed by atoms with van der Waals surface area (Å²) in [5.41, 5.74) is 5.79. The maximum absolute atomic E-state index is 11.7. The average molecular weight is 295 g/mol. The van der Waals surface area contributed by atoms with Gasteiger partial charge < -0.3 is 4.90 Å². The molecule has 0 heterocycles. The second-order valence-corrected chi connectivity index (χ2v) is 5.26. The fraction of sp³-hybridized carbons (Fsp3) is 0.222. The lowest BCUT2D eigenvalue weighted by molar-refractivity contribution is -0.121. The number of rotatable bonds is 6. The first-order valence-corrected chi connectivity index (χ1v) is 7.28. The Labute approximate surface area is 131 Å². The third-order valence-corrected chi connectivity index (χ3v) is 3.30. The minimum atomic E-state index is -0.0787. The van der Waals surface area contributed by atoms with Gasteiger partial charge in [-0.3, -0.25) is 4.79 Å². The van der Waals surface area contributed by atoms with Crippen molar-refractivity contribution in [2.24, 2.45) is 5.10 Å². The van der Waals surface area contributed by atoms with Crippen molar-refractivity contribution in [1.29, 1.82) is 0 Å². The highest BCUT2D eigenvalue weighted by Gasteiger charge is 2.00. The molecular formula is C18H21N3O. The summed E-state index contributed by atoms with van der Waals surface area (Å²) in [4.78, 5) is 13.8. The van der Waals surface area contributed by atoms with Crippen molar-refractivity contribution in [3.63, 3.8) is 0 Å². The lowest BCUT2D eigenvalue weighted by Crippen LogP contribution is -2.17. The SMILES string of the molecule is CN(C)c1ccc(/C=N/NC(=O)CCc2ccccc2)cc1. The van der Waals surface area contributed by atoms with Gasteiger partial charge in [0, 0.05) is 26.2 Å². The minimum Gasteiger partial charge on any atom is -0.378 e. The number of hydrogen-bond donors (Lipinski definition) is 1. The number of aryl methyl sites for hydroxylation is 1. The van der Waals surface area contributed by atoms with Crippen LogP contribution < -0.4 is 10.3 Å². The van der Waals surface area contributed by atoms with Crippen molar-refractivity contribution in [3.8, 4) is 0 Å². The molecule has 4 heteroatoms. The zero-order valence-corrected chi connectivity index (χ0v) is 13.0. The van der Waals surface area contributed by atoms with E-state index in [4.69, 9.17) is 0 Å². The number of nitrogens with one attached hydrogen (secondary N) is 1. The zero-order valence-electron chi connectivity index (χ0n) is 13.0. The van der Waals surface area contributed by atoms with Crippen LogP contribution in [-0.4, -0.2) is 26.2 Å². The molecule has 2 aromatic rings. The molecule has 2 rings (SSSR count). The highest BCUT2D eigenvalue weighted by atomic mass is 16.2. The molecule has 0 aliphatic carbocycles. The lowest BCUT2D eigenvalue weighted by Gasteiger charge is -2.11. The molecule has 0 atom stereocenters. The largest absolute Gasteiger partial charge is 0.378 e. The molecule has 0 fully saturated rings. The summed E-state index contributed by atoms with van der Waals surface area (Å²) >= 11 is 0. The van der Waals surface area contributed by atoms with Gasteiger partial charge in [0.2, 0.25) is 5.91 Å². The van der Waals surface area contributed by atoms with E-state index in [1.165, 1.54) is 0 Å². The zero-order chi connectivity index (χ0) is 15.8. The highest BCUT2D eigenvalue weighted by molar-refractivity contribution is 5.82. The van der Waals surface area contributed by atoms with Crippen LogP contribution in [0.1, 0.15) is 17.5 Å². The quantitative estimate of drug-likeness (QED) is 0.658. The summed E-state index contributed by atoms with van der Waals surface area (Å²) in [6.07, 6.45) is 2.81. The van der Waals surface area contributed by atoms with Crippen LogP contribution in [0.15, 0.2) is 59.7 Å². The number of nitrogens with zero attached hydrogens (tertiary/aromatic N) is 2. The van der Waals surface area contributed by atoms with Crippen LogP contribution in [0, 0.1) is 0 Å². The second kappa shape index (κ2) is 7.98. The van der Waals surface area contributed by atoms with Crippen LogP contribution in [0.3, 0.4) is 0 Å². The van der Waals surface area contributed by atoms with Gasteiger partial charge in [-0.1, -0.05) is 42.5 Å². The van der Waals surface area contributed by atoms with Gasteiger partial charge >= 0.3 is 0 Å². The Morgan fingerprint density at radius 1 is 1.09 bits per heavy atom. The second-order valence-electron chi connectivity index (χ2n) is 5.26. The van der Waals surface area contributed by atoms with Crippen LogP contribution in [0.4, 0.5) is 5.69 Å². The molecule has 1 N–H and O–H groups in total. The maximum Gasteiger partial charge on any atom is 0.240 e. The van der Waals surface area contributed by atoms with Crippen molar-refractivity contribution in [2.45, 2.75) is 12.8 Å². The Balaban J connectivity index is 1.78. The number of hydrogen-bond acceptors (Lipinski definition) is 3. The average Bonchev–Trinajstić information content (AvgIpc) is 2.54. The molecule has 2 aromatic carbocycles. The molecule has 0 saturated carbocycles. The van der Waals surface area contributed by atoms with E-state index >= 15 is 0 Å². The summed E-state index contributed by atoms with van der Waals surface area (Å²) < 4.78 is 0. The molecule has 4 nitrogen and oxygen atoms in total. The van der Waals surface area contributed by atoms with Gasteiger partial charge in [-0.25, -0.2) is 5.43 Å². The number of carbonyl (C=O) groups is 1. The number of benzene rings is 2. The molecule has 0 aliphatic heterocycles.